The van der Waals surface area contributed by atoms with E-state index in [2.05, 4.69) is 31.2 Å². The molecule has 5 nitrogen and oxygen atoms in total. The number of amides is 1. The third-order valence-corrected chi connectivity index (χ3v) is 1.64. The highest BCUT2D eigenvalue weighted by molar-refractivity contribution is 9.10. The second-order valence-electron chi connectivity index (χ2n) is 3.85. The van der Waals surface area contributed by atoms with Gasteiger partial charge >= 0.3 is 6.09 Å². The zero-order chi connectivity index (χ0) is 11.5. The summed E-state index contributed by atoms with van der Waals surface area (Å²) in [5.74, 6) is 0.215. The van der Waals surface area contributed by atoms with Gasteiger partial charge in [-0.15, -0.1) is 0 Å². The van der Waals surface area contributed by atoms with Gasteiger partial charge in [0.05, 0.1) is 4.47 Å². The Labute approximate surface area is 96.4 Å². The summed E-state index contributed by atoms with van der Waals surface area (Å²) in [6.07, 6.45) is 2.52. The first-order valence-electron chi connectivity index (χ1n) is 4.34. The molecule has 0 spiro atoms. The van der Waals surface area contributed by atoms with Crippen molar-refractivity contribution in [2.75, 3.05) is 5.32 Å². The number of hydrogen-bond acceptors (Lipinski definition) is 4. The lowest BCUT2D eigenvalue weighted by Crippen LogP contribution is -2.27. The van der Waals surface area contributed by atoms with Crippen molar-refractivity contribution >= 4 is 28.0 Å². The number of ether oxygens (including phenoxy) is 1. The predicted molar refractivity (Wildman–Crippen MR) is 59.6 cm³/mol. The fourth-order valence-electron chi connectivity index (χ4n) is 0.772. The summed E-state index contributed by atoms with van der Waals surface area (Å²) < 4.78 is 5.78. The summed E-state index contributed by atoms with van der Waals surface area (Å²) in [6, 6.07) is 0. The molecule has 1 aromatic heterocycles. The van der Waals surface area contributed by atoms with E-state index in [4.69, 9.17) is 4.74 Å². The lowest BCUT2D eigenvalue weighted by atomic mass is 10.2. The lowest BCUT2D eigenvalue weighted by Gasteiger charge is -2.19. The molecule has 0 aliphatic rings. The summed E-state index contributed by atoms with van der Waals surface area (Å²) in [5.41, 5.74) is -0.528. The van der Waals surface area contributed by atoms with Crippen LogP contribution in [0, 0.1) is 0 Å². The molecule has 82 valence electrons. The molecular weight excluding hydrogens is 262 g/mol. The van der Waals surface area contributed by atoms with Crippen LogP contribution in [0.15, 0.2) is 16.9 Å². The standard InChI is InChI=1S/C9H12BrN3O2/c1-9(2,3)15-8(14)13-7-11-4-6(10)5-12-7/h4-5H,1-3H3,(H,11,12,13,14). The van der Waals surface area contributed by atoms with Crippen molar-refractivity contribution in [3.05, 3.63) is 16.9 Å². The highest BCUT2D eigenvalue weighted by atomic mass is 79.9. The van der Waals surface area contributed by atoms with E-state index in [1.807, 2.05) is 0 Å². The molecule has 1 N–H and O–H groups in total. The van der Waals surface area contributed by atoms with E-state index in [-0.39, 0.29) is 5.95 Å². The molecule has 0 radical (unpaired) electrons. The molecule has 0 saturated heterocycles. The lowest BCUT2D eigenvalue weighted by molar-refractivity contribution is 0.0634. The van der Waals surface area contributed by atoms with E-state index in [0.29, 0.717) is 0 Å². The van der Waals surface area contributed by atoms with Crippen molar-refractivity contribution in [2.45, 2.75) is 26.4 Å². The van der Waals surface area contributed by atoms with E-state index >= 15 is 0 Å². The van der Waals surface area contributed by atoms with Crippen molar-refractivity contribution in [1.29, 1.82) is 0 Å². The Kier molecular flexibility index (Phi) is 3.62. The van der Waals surface area contributed by atoms with Crippen LogP contribution in [0.1, 0.15) is 20.8 Å². The highest BCUT2D eigenvalue weighted by Gasteiger charge is 2.16. The first-order chi connectivity index (χ1) is 6.87. The SMILES string of the molecule is CC(C)(C)OC(=O)Nc1ncc(Br)cn1. The van der Waals surface area contributed by atoms with Gasteiger partial charge in [-0.2, -0.15) is 0 Å². The van der Waals surface area contributed by atoms with Crippen LogP contribution < -0.4 is 5.32 Å². The Balaban J connectivity index is 2.55. The van der Waals surface area contributed by atoms with Crippen LogP contribution in [-0.4, -0.2) is 21.7 Å². The average molecular weight is 274 g/mol. The summed E-state index contributed by atoms with van der Waals surface area (Å²) >= 11 is 3.19. The Hall–Kier alpha value is -1.17. The van der Waals surface area contributed by atoms with Gasteiger partial charge < -0.3 is 4.74 Å². The first kappa shape index (κ1) is 11.9. The molecule has 1 heterocycles. The average Bonchev–Trinajstić information content (AvgIpc) is 2.05. The van der Waals surface area contributed by atoms with Crippen LogP contribution in [0.25, 0.3) is 0 Å². The third kappa shape index (κ3) is 4.73. The van der Waals surface area contributed by atoms with Crippen LogP contribution in [0.3, 0.4) is 0 Å². The Morgan fingerprint density at radius 3 is 2.40 bits per heavy atom. The molecule has 0 saturated carbocycles. The fraction of sp³-hybridized carbons (Fsp3) is 0.444. The predicted octanol–water partition coefficient (Wildman–Crippen LogP) is 2.59. The monoisotopic (exact) mass is 273 g/mol. The van der Waals surface area contributed by atoms with Crippen LogP contribution in [0.4, 0.5) is 10.7 Å². The van der Waals surface area contributed by atoms with Crippen molar-refractivity contribution in [2.24, 2.45) is 0 Å². The number of rotatable bonds is 1. The van der Waals surface area contributed by atoms with E-state index in [9.17, 15) is 4.79 Å². The number of anilines is 1. The first-order valence-corrected chi connectivity index (χ1v) is 5.14. The van der Waals surface area contributed by atoms with Crippen LogP contribution in [0.2, 0.25) is 0 Å². The Morgan fingerprint density at radius 1 is 1.40 bits per heavy atom. The molecule has 15 heavy (non-hydrogen) atoms. The molecule has 1 rings (SSSR count). The van der Waals surface area contributed by atoms with Gasteiger partial charge in [0, 0.05) is 12.4 Å². The molecule has 6 heteroatoms. The normalized spacial score (nSPS) is 10.9. The quantitative estimate of drug-likeness (QED) is 0.854. The van der Waals surface area contributed by atoms with Gasteiger partial charge in [-0.25, -0.2) is 14.8 Å². The van der Waals surface area contributed by atoms with Crippen LogP contribution in [0.5, 0.6) is 0 Å². The van der Waals surface area contributed by atoms with E-state index < -0.39 is 11.7 Å². The molecule has 0 atom stereocenters. The molecular formula is C9H12BrN3O2. The molecule has 0 bridgehead atoms. The largest absolute Gasteiger partial charge is 0.444 e. The Bertz CT molecular complexity index is 345. The van der Waals surface area contributed by atoms with E-state index in [1.54, 1.807) is 33.2 Å². The number of carbonyl (C=O) groups excluding carboxylic acids is 1. The molecule has 1 amide bonds. The number of nitrogens with one attached hydrogen (secondary N) is 1. The van der Waals surface area contributed by atoms with Gasteiger partial charge in [0.25, 0.3) is 0 Å². The minimum Gasteiger partial charge on any atom is -0.444 e. The van der Waals surface area contributed by atoms with E-state index in [0.717, 1.165) is 4.47 Å². The number of halogens is 1. The zero-order valence-corrected chi connectivity index (χ0v) is 10.3. The Morgan fingerprint density at radius 2 is 1.93 bits per heavy atom. The number of aromatic nitrogens is 2. The van der Waals surface area contributed by atoms with Crippen molar-refractivity contribution in [3.8, 4) is 0 Å². The van der Waals surface area contributed by atoms with Gasteiger partial charge in [-0.05, 0) is 36.7 Å². The summed E-state index contributed by atoms with van der Waals surface area (Å²) in [7, 11) is 0. The van der Waals surface area contributed by atoms with Gasteiger partial charge in [0.15, 0.2) is 0 Å². The highest BCUT2D eigenvalue weighted by Crippen LogP contribution is 2.10. The number of nitrogens with zero attached hydrogens (tertiary/aromatic N) is 2. The van der Waals surface area contributed by atoms with Gasteiger partial charge in [0.2, 0.25) is 5.95 Å². The van der Waals surface area contributed by atoms with Gasteiger partial charge in [-0.3, -0.25) is 5.32 Å². The van der Waals surface area contributed by atoms with Crippen molar-refractivity contribution in [1.82, 2.24) is 9.97 Å². The minimum absolute atomic E-state index is 0.215. The molecule has 0 fully saturated rings. The smallest absolute Gasteiger partial charge is 0.414 e. The van der Waals surface area contributed by atoms with E-state index in [1.165, 1.54) is 0 Å². The van der Waals surface area contributed by atoms with Crippen LogP contribution in [-0.2, 0) is 4.74 Å². The minimum atomic E-state index is -0.565. The fourth-order valence-corrected chi connectivity index (χ4v) is 0.976. The molecule has 0 unspecified atom stereocenters. The number of carbonyl (C=O) groups is 1. The van der Waals surface area contributed by atoms with Crippen LogP contribution >= 0.6 is 15.9 Å². The maximum Gasteiger partial charge on any atom is 0.414 e. The van der Waals surface area contributed by atoms with Gasteiger partial charge in [0.1, 0.15) is 5.60 Å². The third-order valence-electron chi connectivity index (χ3n) is 1.23. The summed E-state index contributed by atoms with van der Waals surface area (Å²) in [5, 5.41) is 2.42. The summed E-state index contributed by atoms with van der Waals surface area (Å²) in [6.45, 7) is 5.36. The molecule has 0 aromatic carbocycles. The molecule has 0 aliphatic heterocycles. The molecule has 1 aromatic rings. The summed E-state index contributed by atoms with van der Waals surface area (Å²) in [4.78, 5) is 19.0. The maximum atomic E-state index is 11.3. The second kappa shape index (κ2) is 4.57. The number of hydrogen-bond donors (Lipinski definition) is 1. The zero-order valence-electron chi connectivity index (χ0n) is 8.74. The second-order valence-corrected chi connectivity index (χ2v) is 4.77. The molecule has 0 aliphatic carbocycles. The van der Waals surface area contributed by atoms with Crippen molar-refractivity contribution in [3.63, 3.8) is 0 Å². The van der Waals surface area contributed by atoms with Crippen molar-refractivity contribution < 1.29 is 9.53 Å². The van der Waals surface area contributed by atoms with Gasteiger partial charge in [-0.1, -0.05) is 0 Å². The maximum absolute atomic E-state index is 11.3. The topological polar surface area (TPSA) is 64.1 Å².